The Balaban J connectivity index is 1.88. The van der Waals surface area contributed by atoms with Crippen molar-refractivity contribution in [2.24, 2.45) is 0 Å². The molecule has 0 saturated heterocycles. The zero-order valence-corrected chi connectivity index (χ0v) is 15.1. The fraction of sp³-hybridized carbons (Fsp3) is 0.471. The SMILES string of the molecule is CC(C)(C)OC(=O)NS(=O)(=O)C=C1CC2(CC2)Oc2cc(F)ccc21. The maximum atomic E-state index is 13.5. The molecule has 8 heteroatoms. The number of nitrogens with one attached hydrogen (secondary N) is 1. The molecule has 3 rings (SSSR count). The van der Waals surface area contributed by atoms with Gasteiger partial charge in [-0.2, -0.15) is 0 Å². The molecule has 25 heavy (non-hydrogen) atoms. The third-order valence-corrected chi connectivity index (χ3v) is 4.90. The Kier molecular flexibility index (Phi) is 4.06. The average Bonchev–Trinajstić information content (AvgIpc) is 3.13. The molecule has 136 valence electrons. The highest BCUT2D eigenvalue weighted by molar-refractivity contribution is 7.93. The van der Waals surface area contributed by atoms with E-state index in [0.717, 1.165) is 18.2 Å². The largest absolute Gasteiger partial charge is 0.486 e. The Morgan fingerprint density at radius 1 is 1.36 bits per heavy atom. The minimum absolute atomic E-state index is 0.322. The number of halogens is 1. The minimum Gasteiger partial charge on any atom is -0.486 e. The van der Waals surface area contributed by atoms with Gasteiger partial charge in [-0.1, -0.05) is 0 Å². The molecule has 0 bridgehead atoms. The lowest BCUT2D eigenvalue weighted by Crippen LogP contribution is -2.35. The topological polar surface area (TPSA) is 81.7 Å². The summed E-state index contributed by atoms with van der Waals surface area (Å²) in [4.78, 5) is 11.7. The maximum absolute atomic E-state index is 13.5. The van der Waals surface area contributed by atoms with Crippen LogP contribution in [0.5, 0.6) is 5.75 Å². The first kappa shape index (κ1) is 17.7. The molecule has 2 aliphatic rings. The number of rotatable bonds is 2. The van der Waals surface area contributed by atoms with Gasteiger partial charge in [0.15, 0.2) is 0 Å². The van der Waals surface area contributed by atoms with Crippen LogP contribution in [0, 0.1) is 5.82 Å². The number of hydrogen-bond donors (Lipinski definition) is 1. The minimum atomic E-state index is -4.06. The van der Waals surface area contributed by atoms with Gasteiger partial charge in [0.05, 0.1) is 5.41 Å². The number of carbonyl (C=O) groups excluding carboxylic acids is 1. The summed E-state index contributed by atoms with van der Waals surface area (Å²) in [5.41, 5.74) is -0.287. The summed E-state index contributed by atoms with van der Waals surface area (Å²) in [6.45, 7) is 4.91. The van der Waals surface area contributed by atoms with Crippen molar-refractivity contribution in [2.45, 2.75) is 51.2 Å². The second-order valence-corrected chi connectivity index (χ2v) is 8.92. The molecule has 1 aromatic carbocycles. The Morgan fingerprint density at radius 2 is 2.04 bits per heavy atom. The number of benzene rings is 1. The molecule has 0 aromatic heterocycles. The molecule has 1 heterocycles. The van der Waals surface area contributed by atoms with Crippen LogP contribution in [-0.4, -0.2) is 25.7 Å². The van der Waals surface area contributed by atoms with Crippen molar-refractivity contribution >= 4 is 21.7 Å². The van der Waals surface area contributed by atoms with Gasteiger partial charge in [-0.25, -0.2) is 22.3 Å². The molecule has 1 aliphatic heterocycles. The van der Waals surface area contributed by atoms with E-state index in [0.29, 0.717) is 23.3 Å². The smallest absolute Gasteiger partial charge is 0.421 e. The Morgan fingerprint density at radius 3 is 2.64 bits per heavy atom. The van der Waals surface area contributed by atoms with Crippen molar-refractivity contribution < 1.29 is 27.1 Å². The molecule has 1 amide bonds. The Hall–Kier alpha value is -2.09. The lowest BCUT2D eigenvalue weighted by atomic mass is 9.96. The molecular weight excluding hydrogens is 349 g/mol. The van der Waals surface area contributed by atoms with Crippen molar-refractivity contribution in [3.8, 4) is 5.75 Å². The quantitative estimate of drug-likeness (QED) is 0.865. The van der Waals surface area contributed by atoms with E-state index in [9.17, 15) is 17.6 Å². The van der Waals surface area contributed by atoms with Crippen molar-refractivity contribution in [1.29, 1.82) is 0 Å². The summed E-state index contributed by atoms with van der Waals surface area (Å²) in [5, 5.41) is 0.996. The van der Waals surface area contributed by atoms with E-state index in [2.05, 4.69) is 0 Å². The van der Waals surface area contributed by atoms with Crippen LogP contribution in [0.1, 0.15) is 45.6 Å². The van der Waals surface area contributed by atoms with E-state index in [1.807, 2.05) is 4.72 Å². The predicted molar refractivity (Wildman–Crippen MR) is 89.9 cm³/mol. The number of ether oxygens (including phenoxy) is 2. The zero-order valence-electron chi connectivity index (χ0n) is 14.3. The highest BCUT2D eigenvalue weighted by Gasteiger charge is 2.49. The number of carbonyl (C=O) groups is 1. The van der Waals surface area contributed by atoms with Crippen LogP contribution in [0.3, 0.4) is 0 Å². The van der Waals surface area contributed by atoms with Gasteiger partial charge in [-0.3, -0.25) is 0 Å². The fourth-order valence-electron chi connectivity index (χ4n) is 2.71. The van der Waals surface area contributed by atoms with Crippen molar-refractivity contribution in [3.05, 3.63) is 35.0 Å². The number of sulfonamides is 1. The highest BCUT2D eigenvalue weighted by Crippen LogP contribution is 2.52. The van der Waals surface area contributed by atoms with Gasteiger partial charge < -0.3 is 9.47 Å². The van der Waals surface area contributed by atoms with Crippen LogP contribution in [0.2, 0.25) is 0 Å². The molecule has 1 aliphatic carbocycles. The Labute approximate surface area is 146 Å². The van der Waals surface area contributed by atoms with E-state index in [-0.39, 0.29) is 0 Å². The number of hydrogen-bond acceptors (Lipinski definition) is 5. The summed E-state index contributed by atoms with van der Waals surface area (Å²) in [6.07, 6.45) is 0.900. The average molecular weight is 369 g/mol. The molecule has 1 aromatic rings. The van der Waals surface area contributed by atoms with E-state index in [1.165, 1.54) is 18.2 Å². The van der Waals surface area contributed by atoms with Gasteiger partial charge in [0.25, 0.3) is 10.0 Å². The molecule has 1 N–H and O–H groups in total. The monoisotopic (exact) mass is 369 g/mol. The maximum Gasteiger partial charge on any atom is 0.421 e. The number of amides is 1. The van der Waals surface area contributed by atoms with E-state index < -0.39 is 33.1 Å². The highest BCUT2D eigenvalue weighted by atomic mass is 32.2. The van der Waals surface area contributed by atoms with E-state index >= 15 is 0 Å². The predicted octanol–water partition coefficient (Wildman–Crippen LogP) is 3.34. The standard InChI is InChI=1S/C17H20FNO5S/c1-16(2,3)24-15(20)19-25(21,22)10-11-9-17(6-7-17)23-14-8-12(18)4-5-13(11)14/h4-5,8,10H,6-7,9H2,1-3H3,(H,19,20). The summed E-state index contributed by atoms with van der Waals surface area (Å²) in [6, 6.07) is 3.97. The molecule has 1 spiro atoms. The normalized spacial score (nSPS) is 19.9. The first-order valence-corrected chi connectivity index (χ1v) is 9.47. The van der Waals surface area contributed by atoms with Gasteiger partial charge in [-0.15, -0.1) is 0 Å². The van der Waals surface area contributed by atoms with Crippen LogP contribution in [0.15, 0.2) is 23.6 Å². The Bertz CT molecular complexity index is 850. The molecule has 0 radical (unpaired) electrons. The van der Waals surface area contributed by atoms with Crippen LogP contribution in [0.4, 0.5) is 9.18 Å². The second-order valence-electron chi connectivity index (χ2n) is 7.39. The van der Waals surface area contributed by atoms with Gasteiger partial charge in [0.1, 0.15) is 22.8 Å². The third kappa shape index (κ3) is 4.31. The fourth-order valence-corrected chi connectivity index (χ4v) is 3.63. The van der Waals surface area contributed by atoms with Gasteiger partial charge in [0.2, 0.25) is 0 Å². The van der Waals surface area contributed by atoms with Gasteiger partial charge in [-0.05, 0) is 51.3 Å². The molecule has 1 saturated carbocycles. The lowest BCUT2D eigenvalue weighted by Gasteiger charge is -2.28. The van der Waals surface area contributed by atoms with Crippen molar-refractivity contribution in [1.82, 2.24) is 4.72 Å². The summed E-state index contributed by atoms with van der Waals surface area (Å²) in [5.74, 6) is -0.131. The van der Waals surface area contributed by atoms with Crippen LogP contribution in [0.25, 0.3) is 5.57 Å². The molecular formula is C17H20FNO5S. The summed E-state index contributed by atoms with van der Waals surface area (Å²) >= 11 is 0. The molecule has 0 atom stereocenters. The van der Waals surface area contributed by atoms with Crippen molar-refractivity contribution in [2.75, 3.05) is 0 Å². The first-order chi connectivity index (χ1) is 11.5. The first-order valence-electron chi connectivity index (χ1n) is 7.92. The van der Waals surface area contributed by atoms with Gasteiger partial charge in [0, 0.05) is 18.1 Å². The lowest BCUT2D eigenvalue weighted by molar-refractivity contribution is 0.0571. The van der Waals surface area contributed by atoms with E-state index in [4.69, 9.17) is 9.47 Å². The molecule has 0 unspecified atom stereocenters. The summed E-state index contributed by atoms with van der Waals surface area (Å²) < 4.78 is 50.7. The zero-order chi connectivity index (χ0) is 18.5. The summed E-state index contributed by atoms with van der Waals surface area (Å²) in [7, 11) is -4.06. The number of fused-ring (bicyclic) bond motifs is 1. The van der Waals surface area contributed by atoms with Crippen molar-refractivity contribution in [3.63, 3.8) is 0 Å². The second kappa shape index (κ2) is 5.72. The van der Waals surface area contributed by atoms with E-state index in [1.54, 1.807) is 20.8 Å². The van der Waals surface area contributed by atoms with Crippen LogP contribution >= 0.6 is 0 Å². The molecule has 1 fully saturated rings. The van der Waals surface area contributed by atoms with Crippen LogP contribution in [-0.2, 0) is 14.8 Å². The van der Waals surface area contributed by atoms with Gasteiger partial charge >= 0.3 is 6.09 Å². The van der Waals surface area contributed by atoms with Crippen LogP contribution < -0.4 is 9.46 Å². The third-order valence-electron chi connectivity index (χ3n) is 3.86. The molecule has 6 nitrogen and oxygen atoms in total.